The SMILES string of the molecule is CCNc1cc(C(=O)N[C@@H](Cc2ccccc2)[C@H](O)CNC23CCC(CC2)C3)cc(N2CCCCS2(O)O)c1. The number of aliphatic hydroxyl groups excluding tert-OH is 1. The summed E-state index contributed by atoms with van der Waals surface area (Å²) < 4.78 is 23.1. The monoisotopic (exact) mass is 556 g/mol. The van der Waals surface area contributed by atoms with Gasteiger partial charge in [-0.1, -0.05) is 30.3 Å². The molecule has 2 aromatic rings. The standard InChI is InChI=1S/C30H44N4O4S/c1-2-31-25-17-24(18-26(19-25)34-14-6-7-15-39(34,37)38)29(36)33-27(16-22-8-4-3-5-9-22)28(35)21-32-30-12-10-23(20-30)11-13-30/h3-5,8-9,17-19,23,27-28,31-32,35,37-38H,2,6-7,10-16,20-21H2,1H3,(H,33,36)/t23?,27-,28+,30?/m0/s1. The maximum Gasteiger partial charge on any atom is 0.251 e. The molecule has 2 aliphatic carbocycles. The van der Waals surface area contributed by atoms with Gasteiger partial charge in [0, 0.05) is 36.4 Å². The van der Waals surface area contributed by atoms with E-state index in [1.807, 2.05) is 43.3 Å². The summed E-state index contributed by atoms with van der Waals surface area (Å²) in [5, 5.41) is 21.4. The number of hydrogen-bond acceptors (Lipinski definition) is 7. The average Bonchev–Trinajstić information content (AvgIpc) is 3.53. The van der Waals surface area contributed by atoms with Gasteiger partial charge in [0.2, 0.25) is 0 Å². The van der Waals surface area contributed by atoms with E-state index >= 15 is 0 Å². The topological polar surface area (TPSA) is 117 Å². The number of nitrogens with one attached hydrogen (secondary N) is 3. The summed E-state index contributed by atoms with van der Waals surface area (Å²) in [5.41, 5.74) is 2.98. The van der Waals surface area contributed by atoms with E-state index in [-0.39, 0.29) is 11.4 Å². The first-order valence-corrected chi connectivity index (χ1v) is 16.1. The molecule has 3 fully saturated rings. The number of nitrogens with zero attached hydrogens (tertiary/aromatic N) is 1. The Morgan fingerprint density at radius 1 is 1.13 bits per heavy atom. The first-order valence-electron chi connectivity index (χ1n) is 14.5. The predicted octanol–water partition coefficient (Wildman–Crippen LogP) is 5.01. The lowest BCUT2D eigenvalue weighted by Gasteiger charge is -2.47. The minimum absolute atomic E-state index is 0.139. The van der Waals surface area contributed by atoms with E-state index < -0.39 is 22.9 Å². The zero-order valence-electron chi connectivity index (χ0n) is 22.9. The highest BCUT2D eigenvalue weighted by atomic mass is 32.3. The molecule has 0 spiro atoms. The van der Waals surface area contributed by atoms with Crippen molar-refractivity contribution >= 4 is 28.1 Å². The van der Waals surface area contributed by atoms with Crippen molar-refractivity contribution in [1.82, 2.24) is 10.6 Å². The van der Waals surface area contributed by atoms with Crippen LogP contribution in [0.2, 0.25) is 0 Å². The number of anilines is 2. The van der Waals surface area contributed by atoms with Gasteiger partial charge in [-0.05, 0) is 88.0 Å². The number of benzene rings is 2. The van der Waals surface area contributed by atoms with Crippen LogP contribution in [0.4, 0.5) is 11.4 Å². The third-order valence-corrected chi connectivity index (χ3v) is 10.7. The number of rotatable bonds is 11. The molecule has 39 heavy (non-hydrogen) atoms. The summed E-state index contributed by atoms with van der Waals surface area (Å²) in [5.74, 6) is 0.857. The molecule has 1 saturated heterocycles. The quantitative estimate of drug-likeness (QED) is 0.230. The van der Waals surface area contributed by atoms with Crippen molar-refractivity contribution in [2.45, 2.75) is 76.0 Å². The molecule has 2 saturated carbocycles. The summed E-state index contributed by atoms with van der Waals surface area (Å²) in [6.07, 6.45) is 7.43. The number of aliphatic hydroxyl groups is 1. The molecular formula is C30H44N4O4S. The van der Waals surface area contributed by atoms with Crippen molar-refractivity contribution in [2.24, 2.45) is 5.92 Å². The number of fused-ring (bicyclic) bond motifs is 2. The molecule has 2 atom stereocenters. The van der Waals surface area contributed by atoms with E-state index in [1.54, 1.807) is 16.4 Å². The van der Waals surface area contributed by atoms with Crippen molar-refractivity contribution in [3.8, 4) is 0 Å². The molecule has 2 bridgehead atoms. The van der Waals surface area contributed by atoms with E-state index in [9.17, 15) is 19.0 Å². The lowest BCUT2D eigenvalue weighted by molar-refractivity contribution is 0.0808. The van der Waals surface area contributed by atoms with Crippen LogP contribution >= 0.6 is 10.8 Å². The summed E-state index contributed by atoms with van der Waals surface area (Å²) >= 11 is 0. The van der Waals surface area contributed by atoms with Crippen LogP contribution in [0.5, 0.6) is 0 Å². The van der Waals surface area contributed by atoms with Gasteiger partial charge in [-0.25, -0.2) is 0 Å². The van der Waals surface area contributed by atoms with Crippen LogP contribution in [0.15, 0.2) is 48.5 Å². The molecule has 214 valence electrons. The van der Waals surface area contributed by atoms with Crippen LogP contribution in [0.3, 0.4) is 0 Å². The molecule has 1 amide bonds. The average molecular weight is 557 g/mol. The second-order valence-corrected chi connectivity index (χ2v) is 13.7. The van der Waals surface area contributed by atoms with Crippen molar-refractivity contribution in [2.75, 3.05) is 35.0 Å². The van der Waals surface area contributed by atoms with E-state index in [4.69, 9.17) is 0 Å². The molecule has 0 radical (unpaired) electrons. The molecule has 6 N–H and O–H groups in total. The minimum atomic E-state index is -2.92. The number of β-amino-alcohol motifs (C(OH)–C–C–N with tert-alkyl or cyclic N) is 1. The number of hydrogen-bond donors (Lipinski definition) is 6. The molecule has 3 aliphatic rings. The Bertz CT molecular complexity index is 1120. The Labute approximate surface area is 234 Å². The van der Waals surface area contributed by atoms with Crippen LogP contribution in [0, 0.1) is 5.92 Å². The van der Waals surface area contributed by atoms with Gasteiger partial charge in [-0.15, -0.1) is 10.8 Å². The van der Waals surface area contributed by atoms with Gasteiger partial charge in [0.05, 0.1) is 23.6 Å². The van der Waals surface area contributed by atoms with Gasteiger partial charge in [0.1, 0.15) is 0 Å². The van der Waals surface area contributed by atoms with Crippen LogP contribution in [0.1, 0.15) is 67.8 Å². The van der Waals surface area contributed by atoms with E-state index in [0.29, 0.717) is 43.1 Å². The highest BCUT2D eigenvalue weighted by Crippen LogP contribution is 2.50. The predicted molar refractivity (Wildman–Crippen MR) is 160 cm³/mol. The zero-order chi connectivity index (χ0) is 27.5. The summed E-state index contributed by atoms with van der Waals surface area (Å²) in [6.45, 7) is 3.62. The Morgan fingerprint density at radius 3 is 2.56 bits per heavy atom. The van der Waals surface area contributed by atoms with Gasteiger partial charge in [-0.3, -0.25) is 18.2 Å². The van der Waals surface area contributed by atoms with Gasteiger partial charge >= 0.3 is 0 Å². The van der Waals surface area contributed by atoms with E-state index in [0.717, 1.165) is 42.9 Å². The smallest absolute Gasteiger partial charge is 0.251 e. The van der Waals surface area contributed by atoms with Gasteiger partial charge < -0.3 is 21.1 Å². The fourth-order valence-electron chi connectivity index (χ4n) is 6.60. The Hall–Kier alpha value is -2.30. The zero-order valence-corrected chi connectivity index (χ0v) is 23.8. The molecule has 1 heterocycles. The van der Waals surface area contributed by atoms with Crippen molar-refractivity contribution in [3.05, 3.63) is 59.7 Å². The molecular weight excluding hydrogens is 512 g/mol. The Balaban J connectivity index is 1.35. The molecule has 2 aromatic carbocycles. The van der Waals surface area contributed by atoms with Crippen LogP contribution < -0.4 is 20.3 Å². The normalized spacial score (nSPS) is 26.2. The van der Waals surface area contributed by atoms with Gasteiger partial charge in [0.15, 0.2) is 0 Å². The molecule has 1 aliphatic heterocycles. The second-order valence-electron chi connectivity index (χ2n) is 11.6. The molecule has 8 nitrogen and oxygen atoms in total. The van der Waals surface area contributed by atoms with Crippen LogP contribution in [0.25, 0.3) is 0 Å². The molecule has 0 unspecified atom stereocenters. The maximum atomic E-state index is 13.7. The fraction of sp³-hybridized carbons (Fsp3) is 0.567. The number of carbonyl (C=O) groups is 1. The first kappa shape index (κ1) is 28.2. The Kier molecular flexibility index (Phi) is 8.73. The maximum absolute atomic E-state index is 13.7. The third-order valence-electron chi connectivity index (χ3n) is 8.74. The Morgan fingerprint density at radius 2 is 1.90 bits per heavy atom. The summed E-state index contributed by atoms with van der Waals surface area (Å²) in [4.78, 5) is 13.7. The lowest BCUT2D eigenvalue weighted by atomic mass is 9.93. The van der Waals surface area contributed by atoms with Gasteiger partial charge in [-0.2, -0.15) is 0 Å². The van der Waals surface area contributed by atoms with Gasteiger partial charge in [0.25, 0.3) is 5.91 Å². The fourth-order valence-corrected chi connectivity index (χ4v) is 8.28. The summed E-state index contributed by atoms with van der Waals surface area (Å²) in [7, 11) is -2.92. The van der Waals surface area contributed by atoms with Crippen molar-refractivity contribution < 1.29 is 19.0 Å². The van der Waals surface area contributed by atoms with E-state index in [2.05, 4.69) is 16.0 Å². The largest absolute Gasteiger partial charge is 0.390 e. The highest BCUT2D eigenvalue weighted by Gasteiger charge is 2.44. The molecule has 5 rings (SSSR count). The number of amides is 1. The summed E-state index contributed by atoms with van der Waals surface area (Å²) in [6, 6.07) is 14.8. The van der Waals surface area contributed by atoms with E-state index in [1.165, 1.54) is 19.3 Å². The highest BCUT2D eigenvalue weighted by molar-refractivity contribution is 8.25. The second kappa shape index (κ2) is 12.1. The first-order chi connectivity index (χ1) is 18.8. The minimum Gasteiger partial charge on any atom is -0.390 e. The van der Waals surface area contributed by atoms with Crippen molar-refractivity contribution in [1.29, 1.82) is 0 Å². The van der Waals surface area contributed by atoms with Crippen molar-refractivity contribution in [3.63, 3.8) is 0 Å². The third kappa shape index (κ3) is 6.72. The molecule has 0 aromatic heterocycles. The van der Waals surface area contributed by atoms with Crippen LogP contribution in [-0.4, -0.2) is 63.2 Å². The lowest BCUT2D eigenvalue weighted by Crippen LogP contribution is -2.52. The number of carbonyl (C=O) groups excluding carboxylic acids is 1. The van der Waals surface area contributed by atoms with Crippen LogP contribution in [-0.2, 0) is 6.42 Å². The molecule has 9 heteroatoms.